The number of rotatable bonds is 2. The summed E-state index contributed by atoms with van der Waals surface area (Å²) < 4.78 is 2.38. The summed E-state index contributed by atoms with van der Waals surface area (Å²) in [5.41, 5.74) is 7.33. The van der Waals surface area contributed by atoms with Crippen molar-refractivity contribution in [2.45, 2.75) is 5.54 Å². The van der Waals surface area contributed by atoms with Crippen molar-refractivity contribution in [2.24, 2.45) is 0 Å². The van der Waals surface area contributed by atoms with E-state index in [0.717, 1.165) is 50.6 Å². The number of carbonyl (C=O) groups excluding carboxylic acids is 1. The fourth-order valence-corrected chi connectivity index (χ4v) is 6.41. The highest BCUT2D eigenvalue weighted by Gasteiger charge is 2.47. The lowest BCUT2D eigenvalue weighted by atomic mass is 9.71. The molecule has 0 fully saturated rings. The quantitative estimate of drug-likeness (QED) is 0.249. The van der Waals surface area contributed by atoms with E-state index in [1.54, 1.807) is 6.08 Å². The maximum absolute atomic E-state index is 13.2. The molecule has 2 aliphatic rings. The molecular formula is C35H22N2O. The SMILES string of the molecule is O=C1C=C[C@]2(c3ccccc31)c1cccc3cccc(c13)-c1nc(-c3ccccc3)c(-c3ccccc3)n12. The van der Waals surface area contributed by atoms with Gasteiger partial charge >= 0.3 is 0 Å². The third-order valence-corrected chi connectivity index (χ3v) is 7.96. The summed E-state index contributed by atoms with van der Waals surface area (Å²) in [5.74, 6) is 0.935. The van der Waals surface area contributed by atoms with Gasteiger partial charge in [0.25, 0.3) is 0 Å². The molecule has 0 unspecified atom stereocenters. The molecule has 1 spiro atoms. The highest BCUT2D eigenvalue weighted by molar-refractivity contribution is 6.10. The predicted molar refractivity (Wildman–Crippen MR) is 152 cm³/mol. The van der Waals surface area contributed by atoms with Gasteiger partial charge in [-0.05, 0) is 34.1 Å². The number of imidazole rings is 1. The number of hydrogen-bond acceptors (Lipinski definition) is 2. The van der Waals surface area contributed by atoms with Crippen LogP contribution < -0.4 is 0 Å². The van der Waals surface area contributed by atoms with Crippen molar-refractivity contribution in [1.29, 1.82) is 0 Å². The largest absolute Gasteiger partial charge is 0.305 e. The van der Waals surface area contributed by atoms with Gasteiger partial charge in [-0.3, -0.25) is 4.79 Å². The first-order valence-electron chi connectivity index (χ1n) is 12.9. The van der Waals surface area contributed by atoms with Gasteiger partial charge < -0.3 is 4.57 Å². The third-order valence-electron chi connectivity index (χ3n) is 7.96. The van der Waals surface area contributed by atoms with E-state index in [0.29, 0.717) is 0 Å². The van der Waals surface area contributed by atoms with Crippen LogP contribution in [0.15, 0.2) is 133 Å². The molecular weight excluding hydrogens is 464 g/mol. The van der Waals surface area contributed by atoms with Crippen LogP contribution in [0.1, 0.15) is 21.5 Å². The number of allylic oxidation sites excluding steroid dienone is 2. The van der Waals surface area contributed by atoms with Crippen LogP contribution in [0.25, 0.3) is 44.7 Å². The highest BCUT2D eigenvalue weighted by Crippen LogP contribution is 2.54. The predicted octanol–water partition coefficient (Wildman–Crippen LogP) is 7.90. The molecule has 178 valence electrons. The standard InChI is InChI=1S/C35H22N2O/c38-30-21-22-35(28-19-8-7-17-26(28)30)29-20-10-16-23-15-9-18-27(31(23)29)34-36-32(24-11-3-1-4-12-24)33(37(34)35)25-13-5-2-6-14-25/h1-22H/t35-/m0/s1. The summed E-state index contributed by atoms with van der Waals surface area (Å²) in [6, 6.07) is 41.8. The Balaban J connectivity index is 1.63. The summed E-state index contributed by atoms with van der Waals surface area (Å²) in [5, 5.41) is 2.35. The Morgan fingerprint density at radius 2 is 1.24 bits per heavy atom. The number of ketones is 1. The molecule has 0 N–H and O–H groups in total. The Kier molecular flexibility index (Phi) is 4.30. The summed E-state index contributed by atoms with van der Waals surface area (Å²) in [6.07, 6.45) is 3.84. The molecule has 0 bridgehead atoms. The third kappa shape index (κ3) is 2.68. The van der Waals surface area contributed by atoms with E-state index >= 15 is 0 Å². The Morgan fingerprint density at radius 1 is 0.605 bits per heavy atom. The molecule has 1 aliphatic heterocycles. The van der Waals surface area contributed by atoms with Gasteiger partial charge in [0.1, 0.15) is 11.4 Å². The fraction of sp³-hybridized carbons (Fsp3) is 0.0286. The normalized spacial score (nSPS) is 17.0. The van der Waals surface area contributed by atoms with Crippen LogP contribution >= 0.6 is 0 Å². The zero-order chi connectivity index (χ0) is 25.3. The maximum atomic E-state index is 13.2. The Labute approximate surface area is 220 Å². The van der Waals surface area contributed by atoms with Crippen molar-refractivity contribution in [2.75, 3.05) is 0 Å². The molecule has 0 saturated heterocycles. The molecule has 1 atom stereocenters. The first kappa shape index (κ1) is 21.1. The first-order valence-corrected chi connectivity index (χ1v) is 12.9. The van der Waals surface area contributed by atoms with Crippen molar-refractivity contribution in [3.8, 4) is 33.9 Å². The van der Waals surface area contributed by atoms with Gasteiger partial charge in [0, 0.05) is 22.3 Å². The lowest BCUT2D eigenvalue weighted by Crippen LogP contribution is -2.40. The minimum absolute atomic E-state index is 0.0310. The number of fused-ring (bicyclic) bond motifs is 6. The molecule has 38 heavy (non-hydrogen) atoms. The zero-order valence-corrected chi connectivity index (χ0v) is 20.5. The van der Waals surface area contributed by atoms with Gasteiger partial charge in [0.05, 0.1) is 11.4 Å². The molecule has 8 rings (SSSR count). The van der Waals surface area contributed by atoms with Crippen molar-refractivity contribution in [3.05, 3.63) is 150 Å². The summed E-state index contributed by atoms with van der Waals surface area (Å²) >= 11 is 0. The molecule has 2 heterocycles. The molecule has 3 heteroatoms. The average molecular weight is 487 g/mol. The molecule has 6 aromatic rings. The molecule has 0 radical (unpaired) electrons. The summed E-state index contributed by atoms with van der Waals surface area (Å²) in [6.45, 7) is 0. The van der Waals surface area contributed by atoms with Gasteiger partial charge in [0.15, 0.2) is 5.78 Å². The minimum atomic E-state index is -0.737. The number of nitrogens with zero attached hydrogens (tertiary/aromatic N) is 2. The van der Waals surface area contributed by atoms with E-state index in [2.05, 4.69) is 102 Å². The number of benzene rings is 5. The van der Waals surface area contributed by atoms with Crippen LogP contribution in [-0.2, 0) is 5.54 Å². The van der Waals surface area contributed by atoms with E-state index in [1.165, 1.54) is 10.8 Å². The van der Waals surface area contributed by atoms with Gasteiger partial charge in [-0.2, -0.15) is 0 Å². The van der Waals surface area contributed by atoms with E-state index < -0.39 is 5.54 Å². The van der Waals surface area contributed by atoms with Gasteiger partial charge in [0.2, 0.25) is 0 Å². The van der Waals surface area contributed by atoms with Crippen LogP contribution in [0.2, 0.25) is 0 Å². The number of aromatic nitrogens is 2. The van der Waals surface area contributed by atoms with Crippen LogP contribution in [-0.4, -0.2) is 15.3 Å². The van der Waals surface area contributed by atoms with Crippen LogP contribution in [0, 0.1) is 0 Å². The zero-order valence-electron chi connectivity index (χ0n) is 20.5. The van der Waals surface area contributed by atoms with Gasteiger partial charge in [-0.15, -0.1) is 0 Å². The van der Waals surface area contributed by atoms with Crippen molar-refractivity contribution < 1.29 is 4.79 Å². The molecule has 1 aromatic heterocycles. The Bertz CT molecular complexity index is 1930. The van der Waals surface area contributed by atoms with E-state index in [1.807, 2.05) is 30.3 Å². The monoisotopic (exact) mass is 486 g/mol. The van der Waals surface area contributed by atoms with Crippen LogP contribution in [0.3, 0.4) is 0 Å². The van der Waals surface area contributed by atoms with Gasteiger partial charge in [-0.25, -0.2) is 4.98 Å². The van der Waals surface area contributed by atoms with Gasteiger partial charge in [-0.1, -0.05) is 121 Å². The van der Waals surface area contributed by atoms with E-state index in [9.17, 15) is 4.79 Å². The van der Waals surface area contributed by atoms with Crippen LogP contribution in [0.4, 0.5) is 0 Å². The first-order chi connectivity index (χ1) is 18.8. The summed E-state index contributed by atoms with van der Waals surface area (Å²) in [7, 11) is 0. The minimum Gasteiger partial charge on any atom is -0.305 e. The molecule has 0 saturated carbocycles. The Morgan fingerprint density at radius 3 is 2.03 bits per heavy atom. The molecule has 1 aliphatic carbocycles. The molecule has 5 aromatic carbocycles. The lowest BCUT2D eigenvalue weighted by molar-refractivity contribution is 0.104. The molecule has 0 amide bonds. The van der Waals surface area contributed by atoms with Crippen molar-refractivity contribution >= 4 is 16.6 Å². The topological polar surface area (TPSA) is 34.9 Å². The second-order valence-corrected chi connectivity index (χ2v) is 9.92. The maximum Gasteiger partial charge on any atom is 0.186 e. The summed E-state index contributed by atoms with van der Waals surface area (Å²) in [4.78, 5) is 18.6. The smallest absolute Gasteiger partial charge is 0.186 e. The van der Waals surface area contributed by atoms with E-state index in [-0.39, 0.29) is 5.78 Å². The number of carbonyl (C=O) groups is 1. The number of hydrogen-bond donors (Lipinski definition) is 0. The second kappa shape index (κ2) is 7.74. The van der Waals surface area contributed by atoms with Crippen molar-refractivity contribution in [1.82, 2.24) is 9.55 Å². The van der Waals surface area contributed by atoms with E-state index in [4.69, 9.17) is 4.98 Å². The fourth-order valence-electron chi connectivity index (χ4n) is 6.41. The second-order valence-electron chi connectivity index (χ2n) is 9.92. The Hall–Kier alpha value is -5.02. The molecule has 3 nitrogen and oxygen atoms in total. The lowest BCUT2D eigenvalue weighted by Gasteiger charge is -2.42. The highest BCUT2D eigenvalue weighted by atomic mass is 16.1. The van der Waals surface area contributed by atoms with Crippen LogP contribution in [0.5, 0.6) is 0 Å². The van der Waals surface area contributed by atoms with Crippen molar-refractivity contribution in [3.63, 3.8) is 0 Å². The average Bonchev–Trinajstić information content (AvgIpc) is 3.40.